The molecule has 0 bridgehead atoms. The van der Waals surface area contributed by atoms with E-state index in [-0.39, 0.29) is 5.56 Å². The second-order valence-electron chi connectivity index (χ2n) is 8.32. The smallest absolute Gasteiger partial charge is 0.404 e. The van der Waals surface area contributed by atoms with E-state index in [1.165, 1.54) is 50.1 Å². The van der Waals surface area contributed by atoms with Gasteiger partial charge in [0.05, 0.1) is 7.11 Å². The van der Waals surface area contributed by atoms with E-state index in [2.05, 4.69) is 5.32 Å². The standard InChI is InChI=1S/C21H29F3N2O2/c1-26(11-6-15-13-20(14-15)7-9-25-10-8-20)19(27)18(21(22,23)24)16-4-3-5-17(12-16)28-2/h3-5,12,15,18,25H,6-11,13-14H2,1-2H3. The minimum Gasteiger partial charge on any atom is -0.497 e. The molecular formula is C21H29F3N2O2. The molecule has 3 rings (SSSR count). The minimum absolute atomic E-state index is 0.0824. The topological polar surface area (TPSA) is 41.6 Å². The summed E-state index contributed by atoms with van der Waals surface area (Å²) in [5.41, 5.74) is 0.356. The third kappa shape index (κ3) is 4.62. The molecule has 1 saturated carbocycles. The van der Waals surface area contributed by atoms with E-state index < -0.39 is 18.0 Å². The van der Waals surface area contributed by atoms with Crippen molar-refractivity contribution < 1.29 is 22.7 Å². The molecule has 2 aliphatic rings. The van der Waals surface area contributed by atoms with Crippen molar-refractivity contribution in [2.24, 2.45) is 11.3 Å². The lowest BCUT2D eigenvalue weighted by Crippen LogP contribution is -2.46. The van der Waals surface area contributed by atoms with E-state index in [9.17, 15) is 18.0 Å². The first-order valence-corrected chi connectivity index (χ1v) is 9.90. The lowest BCUT2D eigenvalue weighted by Gasteiger charge is -2.51. The number of benzene rings is 1. The summed E-state index contributed by atoms with van der Waals surface area (Å²) in [5, 5.41) is 3.37. The summed E-state index contributed by atoms with van der Waals surface area (Å²) in [5.74, 6) is -2.25. The summed E-state index contributed by atoms with van der Waals surface area (Å²) < 4.78 is 46.0. The Hall–Kier alpha value is -1.76. The number of hydrogen-bond acceptors (Lipinski definition) is 3. The van der Waals surface area contributed by atoms with Crippen LogP contribution in [0.1, 0.15) is 43.6 Å². The number of carbonyl (C=O) groups is 1. The molecule has 1 atom stereocenters. The maximum Gasteiger partial charge on any atom is 0.404 e. The van der Waals surface area contributed by atoms with Crippen LogP contribution in [0.25, 0.3) is 0 Å². The number of piperidine rings is 1. The number of nitrogens with one attached hydrogen (secondary N) is 1. The van der Waals surface area contributed by atoms with Gasteiger partial charge in [0.2, 0.25) is 5.91 Å². The van der Waals surface area contributed by atoms with E-state index in [0.717, 1.165) is 32.4 Å². The van der Waals surface area contributed by atoms with Gasteiger partial charge in [0.15, 0.2) is 5.92 Å². The molecule has 1 heterocycles. The molecule has 7 heteroatoms. The van der Waals surface area contributed by atoms with Crippen LogP contribution in [0.15, 0.2) is 24.3 Å². The SMILES string of the molecule is COc1cccc(C(C(=O)N(C)CCC2CC3(CCNCC3)C2)C(F)(F)F)c1. The van der Waals surface area contributed by atoms with Crippen LogP contribution in [0, 0.1) is 11.3 Å². The van der Waals surface area contributed by atoms with Crippen molar-refractivity contribution in [3.05, 3.63) is 29.8 Å². The van der Waals surface area contributed by atoms with Crippen molar-refractivity contribution in [1.29, 1.82) is 0 Å². The fraction of sp³-hybridized carbons (Fsp3) is 0.667. The van der Waals surface area contributed by atoms with Crippen LogP contribution in [-0.2, 0) is 4.79 Å². The quantitative estimate of drug-likeness (QED) is 0.788. The van der Waals surface area contributed by atoms with Crippen molar-refractivity contribution in [3.63, 3.8) is 0 Å². The highest BCUT2D eigenvalue weighted by Crippen LogP contribution is 2.52. The number of amides is 1. The van der Waals surface area contributed by atoms with Gasteiger partial charge in [-0.1, -0.05) is 12.1 Å². The Labute approximate surface area is 164 Å². The summed E-state index contributed by atoms with van der Waals surface area (Å²) in [6.07, 6.45) is 0.756. The molecule has 1 saturated heterocycles. The van der Waals surface area contributed by atoms with Gasteiger partial charge in [0.25, 0.3) is 0 Å². The van der Waals surface area contributed by atoms with Crippen LogP contribution in [0.2, 0.25) is 0 Å². The number of carbonyl (C=O) groups excluding carboxylic acids is 1. The Balaban J connectivity index is 1.59. The Morgan fingerprint density at radius 1 is 1.32 bits per heavy atom. The highest BCUT2D eigenvalue weighted by molar-refractivity contribution is 5.84. The summed E-state index contributed by atoms with van der Waals surface area (Å²) in [7, 11) is 2.86. The number of halogens is 3. The van der Waals surface area contributed by atoms with Gasteiger partial charge in [-0.2, -0.15) is 13.2 Å². The molecule has 28 heavy (non-hydrogen) atoms. The Morgan fingerprint density at radius 3 is 2.61 bits per heavy atom. The number of nitrogens with zero attached hydrogens (tertiary/aromatic N) is 1. The van der Waals surface area contributed by atoms with Gasteiger partial charge in [-0.25, -0.2) is 0 Å². The van der Waals surface area contributed by atoms with Crippen molar-refractivity contribution in [2.75, 3.05) is 33.8 Å². The van der Waals surface area contributed by atoms with Crippen LogP contribution in [0.4, 0.5) is 13.2 Å². The highest BCUT2D eigenvalue weighted by atomic mass is 19.4. The first-order chi connectivity index (χ1) is 13.2. The van der Waals surface area contributed by atoms with Crippen LogP contribution in [0.5, 0.6) is 5.75 Å². The summed E-state index contributed by atoms with van der Waals surface area (Å²) in [4.78, 5) is 13.9. The van der Waals surface area contributed by atoms with Gasteiger partial charge in [-0.05, 0) is 74.2 Å². The number of hydrogen-bond donors (Lipinski definition) is 1. The largest absolute Gasteiger partial charge is 0.497 e. The molecule has 0 radical (unpaired) electrons. The number of alkyl halides is 3. The highest BCUT2D eigenvalue weighted by Gasteiger charge is 2.48. The van der Waals surface area contributed by atoms with Crippen molar-refractivity contribution >= 4 is 5.91 Å². The molecule has 1 spiro atoms. The van der Waals surface area contributed by atoms with E-state index >= 15 is 0 Å². The number of methoxy groups -OCH3 is 1. The van der Waals surface area contributed by atoms with Gasteiger partial charge < -0.3 is 15.0 Å². The number of rotatable bonds is 6. The lowest BCUT2D eigenvalue weighted by molar-refractivity contribution is -0.171. The molecule has 1 unspecified atom stereocenters. The first kappa shape index (κ1) is 21.0. The van der Waals surface area contributed by atoms with Crippen molar-refractivity contribution in [2.45, 2.75) is 44.2 Å². The fourth-order valence-corrected chi connectivity index (χ4v) is 4.73. The second kappa shape index (κ2) is 8.31. The van der Waals surface area contributed by atoms with Crippen molar-refractivity contribution in [3.8, 4) is 5.75 Å². The average molecular weight is 398 g/mol. The van der Waals surface area contributed by atoms with Crippen LogP contribution in [-0.4, -0.2) is 50.8 Å². The number of likely N-dealkylation sites (N-methyl/N-ethyl adjacent to an activating group) is 1. The fourth-order valence-electron chi connectivity index (χ4n) is 4.73. The normalized spacial score (nSPS) is 20.5. The zero-order chi connectivity index (χ0) is 20.4. The maximum absolute atomic E-state index is 13.7. The minimum atomic E-state index is -4.65. The Kier molecular flexibility index (Phi) is 6.22. The molecule has 156 valence electrons. The van der Waals surface area contributed by atoms with Crippen LogP contribution >= 0.6 is 0 Å². The van der Waals surface area contributed by atoms with Gasteiger partial charge in [-0.3, -0.25) is 4.79 Å². The predicted octanol–water partition coefficient (Wildman–Crippen LogP) is 3.97. The van der Waals surface area contributed by atoms with E-state index in [4.69, 9.17) is 4.74 Å². The van der Waals surface area contributed by atoms with E-state index in [1.807, 2.05) is 0 Å². The number of ether oxygens (including phenoxy) is 1. The lowest BCUT2D eigenvalue weighted by atomic mass is 9.57. The molecular weight excluding hydrogens is 369 g/mol. The van der Waals surface area contributed by atoms with Gasteiger partial charge in [0.1, 0.15) is 5.75 Å². The summed E-state index contributed by atoms with van der Waals surface area (Å²) in [6.45, 7) is 2.46. The third-order valence-corrected chi connectivity index (χ3v) is 6.36. The predicted molar refractivity (Wildman–Crippen MR) is 101 cm³/mol. The zero-order valence-electron chi connectivity index (χ0n) is 16.5. The zero-order valence-corrected chi connectivity index (χ0v) is 16.5. The average Bonchev–Trinajstić information content (AvgIpc) is 2.64. The molecule has 1 aromatic carbocycles. The van der Waals surface area contributed by atoms with Gasteiger partial charge in [-0.15, -0.1) is 0 Å². The summed E-state index contributed by atoms with van der Waals surface area (Å²) >= 11 is 0. The third-order valence-electron chi connectivity index (χ3n) is 6.36. The molecule has 1 aliphatic carbocycles. The monoisotopic (exact) mass is 398 g/mol. The maximum atomic E-state index is 13.7. The molecule has 1 N–H and O–H groups in total. The van der Waals surface area contributed by atoms with Crippen LogP contribution in [0.3, 0.4) is 0 Å². The second-order valence-corrected chi connectivity index (χ2v) is 8.32. The molecule has 2 fully saturated rings. The molecule has 4 nitrogen and oxygen atoms in total. The summed E-state index contributed by atoms with van der Waals surface area (Å²) in [6, 6.07) is 5.67. The molecule has 1 amide bonds. The van der Waals surface area contributed by atoms with Gasteiger partial charge >= 0.3 is 6.18 Å². The van der Waals surface area contributed by atoms with E-state index in [1.54, 1.807) is 6.07 Å². The Morgan fingerprint density at radius 2 is 2.00 bits per heavy atom. The molecule has 1 aromatic rings. The first-order valence-electron chi connectivity index (χ1n) is 9.90. The molecule has 1 aliphatic heterocycles. The van der Waals surface area contributed by atoms with Crippen molar-refractivity contribution in [1.82, 2.24) is 10.2 Å². The van der Waals surface area contributed by atoms with Crippen LogP contribution < -0.4 is 10.1 Å². The Bertz CT molecular complexity index is 678. The van der Waals surface area contributed by atoms with E-state index in [0.29, 0.717) is 23.6 Å². The molecule has 0 aromatic heterocycles. The van der Waals surface area contributed by atoms with Gasteiger partial charge in [0, 0.05) is 13.6 Å².